The van der Waals surface area contributed by atoms with Crippen LogP contribution in [0.4, 0.5) is 0 Å². The molecule has 7 rings (SSSR count). The van der Waals surface area contributed by atoms with E-state index in [4.69, 9.17) is 20.4 Å². The Morgan fingerprint density at radius 3 is 1.97 bits per heavy atom. The first-order valence-electron chi connectivity index (χ1n) is 14.0. The van der Waals surface area contributed by atoms with Gasteiger partial charge in [0, 0.05) is 5.41 Å². The van der Waals surface area contributed by atoms with Crippen molar-refractivity contribution in [1.82, 2.24) is 0 Å². The number of allylic oxidation sites excluding steroid dienone is 1. The van der Waals surface area contributed by atoms with Crippen LogP contribution in [0.15, 0.2) is 109 Å². The van der Waals surface area contributed by atoms with Crippen molar-refractivity contribution >= 4 is 7.60 Å². The number of fused-ring (bicyclic) bond motifs is 5. The van der Waals surface area contributed by atoms with Gasteiger partial charge in [0.15, 0.2) is 5.16 Å². The van der Waals surface area contributed by atoms with E-state index in [1.807, 2.05) is 36.4 Å². The van der Waals surface area contributed by atoms with Crippen LogP contribution in [0.5, 0.6) is 0 Å². The standard InChI is InChI=1S/C34H35O4P/c1-25-32(26-15-7-4-8-16-26)29-21-13-14-22-30(29)33(38-32,27-17-9-5-10-18-27)34(25,28-19-11-6-12-20-28)39(35)36-23-31(2,3)24-37-39/h4-5,7-10,13-19,21-22H,1,6,11-12,20,23-24H2,2-3H3/t32-,33+,34-/m0/s1. The summed E-state index contributed by atoms with van der Waals surface area (Å²) >= 11 is 0. The zero-order valence-corrected chi connectivity index (χ0v) is 23.6. The highest BCUT2D eigenvalue weighted by Crippen LogP contribution is 2.84. The molecule has 0 radical (unpaired) electrons. The molecular formula is C34H35O4P. The average Bonchev–Trinajstić information content (AvgIpc) is 3.43. The lowest BCUT2D eigenvalue weighted by molar-refractivity contribution is -0.0474. The van der Waals surface area contributed by atoms with E-state index >= 15 is 4.57 Å². The van der Waals surface area contributed by atoms with E-state index in [0.717, 1.165) is 59.1 Å². The summed E-state index contributed by atoms with van der Waals surface area (Å²) < 4.78 is 36.3. The van der Waals surface area contributed by atoms with Gasteiger partial charge in [-0.1, -0.05) is 111 Å². The summed E-state index contributed by atoms with van der Waals surface area (Å²) in [5.74, 6) is 0. The molecule has 3 aromatic rings. The van der Waals surface area contributed by atoms with Crippen LogP contribution in [-0.4, -0.2) is 18.4 Å². The zero-order valence-electron chi connectivity index (χ0n) is 22.7. The molecule has 0 aromatic heterocycles. The number of ether oxygens (including phenoxy) is 1. The number of rotatable bonds is 4. The molecule has 3 aromatic carbocycles. The lowest BCUT2D eigenvalue weighted by Gasteiger charge is -2.53. The van der Waals surface area contributed by atoms with E-state index in [1.54, 1.807) is 0 Å². The van der Waals surface area contributed by atoms with Crippen molar-refractivity contribution in [3.05, 3.63) is 131 Å². The SMILES string of the molecule is C=C1[C@@]2(c3ccccc3)O[C@](c3ccccc3)(c3ccccc32)[C@]1(C1=CCCCC1)P1(=O)OCC(C)(C)CO1. The molecule has 0 unspecified atom stereocenters. The minimum Gasteiger partial charge on any atom is -0.343 e. The molecule has 0 saturated carbocycles. The van der Waals surface area contributed by atoms with Crippen molar-refractivity contribution in [1.29, 1.82) is 0 Å². The fourth-order valence-electron chi connectivity index (χ4n) is 7.47. The maximum atomic E-state index is 15.7. The Hall–Kier alpha value is -2.75. The van der Waals surface area contributed by atoms with Crippen LogP contribution >= 0.6 is 7.60 Å². The summed E-state index contributed by atoms with van der Waals surface area (Å²) in [4.78, 5) is 0. The third-order valence-electron chi connectivity index (χ3n) is 9.14. The van der Waals surface area contributed by atoms with Crippen LogP contribution in [0.2, 0.25) is 0 Å². The molecule has 200 valence electrons. The van der Waals surface area contributed by atoms with Crippen molar-refractivity contribution in [3.8, 4) is 0 Å². The molecule has 2 saturated heterocycles. The van der Waals surface area contributed by atoms with Gasteiger partial charge in [0.2, 0.25) is 0 Å². The van der Waals surface area contributed by atoms with Gasteiger partial charge in [0.1, 0.15) is 11.2 Å². The highest BCUT2D eigenvalue weighted by atomic mass is 31.2. The Morgan fingerprint density at radius 2 is 1.36 bits per heavy atom. The van der Waals surface area contributed by atoms with Crippen LogP contribution in [0, 0.1) is 5.41 Å². The summed E-state index contributed by atoms with van der Waals surface area (Å²) in [5.41, 5.74) is 3.38. The van der Waals surface area contributed by atoms with Crippen LogP contribution in [0.3, 0.4) is 0 Å². The maximum absolute atomic E-state index is 15.7. The molecule has 5 heteroatoms. The number of hydrogen-bond acceptors (Lipinski definition) is 4. The average molecular weight is 539 g/mol. The highest BCUT2D eigenvalue weighted by molar-refractivity contribution is 7.56. The topological polar surface area (TPSA) is 44.8 Å². The Balaban J connectivity index is 1.64. The molecule has 0 spiro atoms. The lowest BCUT2D eigenvalue weighted by Crippen LogP contribution is -2.55. The van der Waals surface area contributed by atoms with Crippen molar-refractivity contribution in [2.45, 2.75) is 55.9 Å². The largest absolute Gasteiger partial charge is 0.348 e. The second-order valence-corrected chi connectivity index (χ2v) is 14.3. The summed E-state index contributed by atoms with van der Waals surface area (Å²) in [7, 11) is -3.88. The van der Waals surface area contributed by atoms with Crippen LogP contribution in [0.25, 0.3) is 0 Å². The van der Waals surface area contributed by atoms with Crippen molar-refractivity contribution in [2.24, 2.45) is 5.41 Å². The van der Waals surface area contributed by atoms with Gasteiger partial charge in [0.25, 0.3) is 0 Å². The highest BCUT2D eigenvalue weighted by Gasteiger charge is 2.82. The first-order chi connectivity index (χ1) is 18.8. The lowest BCUT2D eigenvalue weighted by atomic mass is 9.60. The predicted octanol–water partition coefficient (Wildman–Crippen LogP) is 8.28. The van der Waals surface area contributed by atoms with Gasteiger partial charge in [-0.3, -0.25) is 4.57 Å². The van der Waals surface area contributed by atoms with Gasteiger partial charge in [0.05, 0.1) is 13.2 Å². The third kappa shape index (κ3) is 3.09. The van der Waals surface area contributed by atoms with E-state index in [2.05, 4.69) is 68.5 Å². The van der Waals surface area contributed by atoms with E-state index in [-0.39, 0.29) is 5.41 Å². The molecule has 3 heterocycles. The monoisotopic (exact) mass is 538 g/mol. The van der Waals surface area contributed by atoms with Crippen molar-refractivity contribution in [3.63, 3.8) is 0 Å². The quantitative estimate of drug-likeness (QED) is 0.248. The van der Waals surface area contributed by atoms with Crippen LogP contribution < -0.4 is 0 Å². The fraction of sp³-hybridized carbons (Fsp3) is 0.353. The summed E-state index contributed by atoms with van der Waals surface area (Å²) in [5, 5.41) is -1.22. The van der Waals surface area contributed by atoms with Crippen molar-refractivity contribution < 1.29 is 18.3 Å². The zero-order chi connectivity index (χ0) is 26.9. The first-order valence-corrected chi connectivity index (χ1v) is 15.6. The molecule has 39 heavy (non-hydrogen) atoms. The van der Waals surface area contributed by atoms with Gasteiger partial charge in [-0.15, -0.1) is 0 Å². The maximum Gasteiger partial charge on any atom is 0.348 e. The normalized spacial score (nSPS) is 32.5. The predicted molar refractivity (Wildman–Crippen MR) is 154 cm³/mol. The van der Waals surface area contributed by atoms with Gasteiger partial charge < -0.3 is 13.8 Å². The van der Waals surface area contributed by atoms with Gasteiger partial charge in [-0.2, -0.15) is 0 Å². The summed E-state index contributed by atoms with van der Waals surface area (Å²) in [6, 6.07) is 28.9. The Bertz CT molecular complexity index is 1510. The molecule has 2 fully saturated rings. The molecule has 1 aliphatic carbocycles. The van der Waals surface area contributed by atoms with Gasteiger partial charge in [-0.05, 0) is 59.1 Å². The molecule has 3 atom stereocenters. The summed E-state index contributed by atoms with van der Waals surface area (Å²) in [6.45, 7) is 9.70. The number of hydrogen-bond donors (Lipinski definition) is 0. The van der Waals surface area contributed by atoms with E-state index < -0.39 is 24.0 Å². The van der Waals surface area contributed by atoms with Crippen LogP contribution in [0.1, 0.15) is 61.8 Å². The fourth-order valence-corrected chi connectivity index (χ4v) is 10.7. The molecular weight excluding hydrogens is 503 g/mol. The van der Waals surface area contributed by atoms with Gasteiger partial charge >= 0.3 is 7.60 Å². The minimum atomic E-state index is -3.88. The van der Waals surface area contributed by atoms with E-state index in [1.165, 1.54) is 0 Å². The Morgan fingerprint density at radius 1 is 0.769 bits per heavy atom. The molecule has 3 aliphatic heterocycles. The van der Waals surface area contributed by atoms with E-state index in [9.17, 15) is 0 Å². The Labute approximate surface area is 231 Å². The molecule has 0 N–H and O–H groups in total. The third-order valence-corrected chi connectivity index (χ3v) is 11.8. The molecule has 2 bridgehead atoms. The second-order valence-electron chi connectivity index (χ2n) is 12.1. The summed E-state index contributed by atoms with van der Waals surface area (Å²) in [6.07, 6.45) is 6.10. The Kier molecular flexibility index (Phi) is 5.58. The van der Waals surface area contributed by atoms with E-state index in [0.29, 0.717) is 13.2 Å². The first kappa shape index (κ1) is 25.2. The second kappa shape index (κ2) is 8.62. The smallest absolute Gasteiger partial charge is 0.343 e. The minimum absolute atomic E-state index is 0.245. The number of benzene rings is 3. The molecule has 4 nitrogen and oxygen atoms in total. The van der Waals surface area contributed by atoms with Gasteiger partial charge in [-0.25, -0.2) is 0 Å². The molecule has 0 amide bonds. The molecule has 4 aliphatic rings. The van der Waals surface area contributed by atoms with Crippen LogP contribution in [-0.2, 0) is 29.6 Å². The van der Waals surface area contributed by atoms with Crippen molar-refractivity contribution in [2.75, 3.05) is 13.2 Å².